The van der Waals surface area contributed by atoms with Gasteiger partial charge < -0.3 is 24.3 Å². The average Bonchev–Trinajstić information content (AvgIpc) is 2.92. The Kier molecular flexibility index (Phi) is 6.20. The molecule has 1 aliphatic rings. The standard InChI is InChI=1S/C23H27NO6/c1-12-9-16-15(11-18(26)21(12)28-4)17(24-13(2)25)8-7-14-10-19(27-3)22(29-5)23(30-6)20(14)16/h9-11,17H,7-8H2,1-6H3,(H,24,25). The van der Waals surface area contributed by atoms with Gasteiger partial charge in [0.1, 0.15) is 0 Å². The second-order valence-corrected chi connectivity index (χ2v) is 7.21. The third-order valence-electron chi connectivity index (χ3n) is 5.38. The van der Waals surface area contributed by atoms with Crippen molar-refractivity contribution in [3.63, 3.8) is 0 Å². The summed E-state index contributed by atoms with van der Waals surface area (Å²) in [5, 5.41) is 2.98. The van der Waals surface area contributed by atoms with Gasteiger partial charge in [0.15, 0.2) is 17.2 Å². The van der Waals surface area contributed by atoms with E-state index in [2.05, 4.69) is 5.32 Å². The lowest BCUT2D eigenvalue weighted by Crippen LogP contribution is -2.26. The Bertz CT molecular complexity index is 1050. The highest BCUT2D eigenvalue weighted by Crippen LogP contribution is 2.50. The van der Waals surface area contributed by atoms with Crippen molar-refractivity contribution < 1.29 is 23.7 Å². The van der Waals surface area contributed by atoms with Crippen molar-refractivity contribution in [3.8, 4) is 34.1 Å². The van der Waals surface area contributed by atoms with Crippen molar-refractivity contribution in [3.05, 3.63) is 45.1 Å². The number of fused-ring (bicyclic) bond motifs is 3. The highest BCUT2D eigenvalue weighted by atomic mass is 16.5. The lowest BCUT2D eigenvalue weighted by atomic mass is 9.95. The number of hydrogen-bond acceptors (Lipinski definition) is 6. The highest BCUT2D eigenvalue weighted by Gasteiger charge is 2.29. The van der Waals surface area contributed by atoms with Crippen LogP contribution in [0.25, 0.3) is 11.1 Å². The fourth-order valence-electron chi connectivity index (χ4n) is 4.16. The monoisotopic (exact) mass is 413 g/mol. The zero-order chi connectivity index (χ0) is 22.0. The van der Waals surface area contributed by atoms with E-state index in [1.54, 1.807) is 27.4 Å². The third kappa shape index (κ3) is 3.67. The lowest BCUT2D eigenvalue weighted by molar-refractivity contribution is -0.119. The Morgan fingerprint density at radius 2 is 1.63 bits per heavy atom. The minimum atomic E-state index is -0.337. The van der Waals surface area contributed by atoms with Crippen molar-refractivity contribution in [2.45, 2.75) is 32.7 Å². The van der Waals surface area contributed by atoms with E-state index >= 15 is 0 Å². The molecule has 1 N–H and O–H groups in total. The Morgan fingerprint density at radius 3 is 2.20 bits per heavy atom. The first-order valence-corrected chi connectivity index (χ1v) is 9.68. The van der Waals surface area contributed by atoms with Gasteiger partial charge in [0.05, 0.1) is 34.5 Å². The zero-order valence-electron chi connectivity index (χ0n) is 18.2. The van der Waals surface area contributed by atoms with Crippen LogP contribution >= 0.6 is 0 Å². The smallest absolute Gasteiger partial charge is 0.220 e. The van der Waals surface area contributed by atoms with Crippen LogP contribution in [0.15, 0.2) is 23.0 Å². The maximum absolute atomic E-state index is 12.9. The molecule has 1 unspecified atom stereocenters. The largest absolute Gasteiger partial charge is 0.493 e. The fourth-order valence-corrected chi connectivity index (χ4v) is 4.16. The van der Waals surface area contributed by atoms with Crippen LogP contribution in [0.1, 0.15) is 36.1 Å². The Labute approximate surface area is 175 Å². The molecule has 0 saturated carbocycles. The Balaban J connectivity index is 2.47. The number of carbonyl (C=O) groups is 1. The van der Waals surface area contributed by atoms with E-state index in [4.69, 9.17) is 18.9 Å². The van der Waals surface area contributed by atoms with Crippen LogP contribution in [-0.2, 0) is 11.2 Å². The molecule has 0 fully saturated rings. The topological polar surface area (TPSA) is 83.1 Å². The molecular weight excluding hydrogens is 386 g/mol. The Morgan fingerprint density at radius 1 is 0.967 bits per heavy atom. The molecule has 1 aliphatic carbocycles. The van der Waals surface area contributed by atoms with E-state index in [0.717, 1.165) is 16.7 Å². The van der Waals surface area contributed by atoms with Crippen LogP contribution in [0.5, 0.6) is 23.0 Å². The number of amides is 1. The summed E-state index contributed by atoms with van der Waals surface area (Å²) in [7, 11) is 6.18. The lowest BCUT2D eigenvalue weighted by Gasteiger charge is -2.19. The van der Waals surface area contributed by atoms with Gasteiger partial charge in [-0.3, -0.25) is 9.59 Å². The minimum Gasteiger partial charge on any atom is -0.493 e. The van der Waals surface area contributed by atoms with Gasteiger partial charge in [0, 0.05) is 12.5 Å². The first-order valence-electron chi connectivity index (χ1n) is 9.68. The molecule has 1 atom stereocenters. The summed E-state index contributed by atoms with van der Waals surface area (Å²) in [6.45, 7) is 3.29. The van der Waals surface area contributed by atoms with Crippen LogP contribution in [0.3, 0.4) is 0 Å². The summed E-state index contributed by atoms with van der Waals surface area (Å²) >= 11 is 0. The van der Waals surface area contributed by atoms with Crippen molar-refractivity contribution in [2.24, 2.45) is 0 Å². The van der Waals surface area contributed by atoms with Gasteiger partial charge >= 0.3 is 0 Å². The summed E-state index contributed by atoms with van der Waals surface area (Å²) < 4.78 is 22.2. The van der Waals surface area contributed by atoms with Crippen LogP contribution in [0.4, 0.5) is 0 Å². The second-order valence-electron chi connectivity index (χ2n) is 7.21. The van der Waals surface area contributed by atoms with Gasteiger partial charge in [-0.2, -0.15) is 0 Å². The van der Waals surface area contributed by atoms with Gasteiger partial charge in [-0.05, 0) is 60.2 Å². The van der Waals surface area contributed by atoms with Crippen molar-refractivity contribution >= 4 is 5.91 Å². The van der Waals surface area contributed by atoms with Crippen LogP contribution in [-0.4, -0.2) is 34.3 Å². The molecule has 2 aromatic rings. The molecule has 2 aromatic carbocycles. The van der Waals surface area contributed by atoms with Crippen LogP contribution in [0.2, 0.25) is 0 Å². The number of ether oxygens (including phenoxy) is 4. The number of hydrogen-bond donors (Lipinski definition) is 1. The number of carbonyl (C=O) groups excluding carboxylic acids is 1. The SMILES string of the molecule is COc1cc2c(c(OC)c1OC)-c1cc(C)c(OC)c(=O)cc1C(NC(C)=O)CC2. The van der Waals surface area contributed by atoms with E-state index in [1.807, 2.05) is 19.1 Å². The van der Waals surface area contributed by atoms with Crippen LogP contribution in [0, 0.1) is 6.92 Å². The van der Waals surface area contributed by atoms with Gasteiger partial charge in [-0.1, -0.05) is 0 Å². The highest BCUT2D eigenvalue weighted by molar-refractivity contribution is 5.83. The van der Waals surface area contributed by atoms with E-state index in [0.29, 0.717) is 41.2 Å². The van der Waals surface area contributed by atoms with Crippen molar-refractivity contribution in [1.82, 2.24) is 5.32 Å². The summed E-state index contributed by atoms with van der Waals surface area (Å²) in [5.41, 5.74) is 3.75. The molecule has 0 aromatic heterocycles. The molecule has 1 amide bonds. The average molecular weight is 413 g/mol. The van der Waals surface area contributed by atoms with Crippen molar-refractivity contribution in [1.29, 1.82) is 0 Å². The zero-order valence-corrected chi connectivity index (χ0v) is 18.2. The molecule has 7 heteroatoms. The first kappa shape index (κ1) is 21.5. The molecule has 0 radical (unpaired) electrons. The maximum Gasteiger partial charge on any atom is 0.220 e. The minimum absolute atomic E-state index is 0.165. The first-order chi connectivity index (χ1) is 14.4. The molecule has 0 heterocycles. The maximum atomic E-state index is 12.9. The Hall–Kier alpha value is -3.22. The third-order valence-corrected chi connectivity index (χ3v) is 5.38. The molecule has 0 saturated heterocycles. The summed E-state index contributed by atoms with van der Waals surface area (Å²) in [5.74, 6) is 1.66. The fraction of sp³-hybridized carbons (Fsp3) is 0.391. The summed E-state index contributed by atoms with van der Waals surface area (Å²) in [6, 6.07) is 5.04. The molecule has 0 aliphatic heterocycles. The second kappa shape index (κ2) is 8.65. The summed E-state index contributed by atoms with van der Waals surface area (Å²) in [6.07, 6.45) is 1.27. The predicted molar refractivity (Wildman–Crippen MR) is 114 cm³/mol. The van der Waals surface area contributed by atoms with Crippen molar-refractivity contribution in [2.75, 3.05) is 28.4 Å². The number of nitrogens with one attached hydrogen (secondary N) is 1. The normalized spacial score (nSPS) is 14.7. The number of benzene rings is 1. The van der Waals surface area contributed by atoms with Gasteiger partial charge in [-0.15, -0.1) is 0 Å². The van der Waals surface area contributed by atoms with Gasteiger partial charge in [0.25, 0.3) is 0 Å². The van der Waals surface area contributed by atoms with E-state index in [-0.39, 0.29) is 23.1 Å². The molecular formula is C23H27NO6. The molecule has 30 heavy (non-hydrogen) atoms. The van der Waals surface area contributed by atoms with Crippen LogP contribution < -0.4 is 29.7 Å². The molecule has 7 nitrogen and oxygen atoms in total. The summed E-state index contributed by atoms with van der Waals surface area (Å²) in [4.78, 5) is 24.8. The van der Waals surface area contributed by atoms with Gasteiger partial charge in [-0.25, -0.2) is 0 Å². The number of methoxy groups -OCH3 is 4. The predicted octanol–water partition coefficient (Wildman–Crippen LogP) is 3.18. The molecule has 3 rings (SSSR count). The molecule has 160 valence electrons. The van der Waals surface area contributed by atoms with E-state index < -0.39 is 0 Å². The van der Waals surface area contributed by atoms with E-state index in [9.17, 15) is 9.59 Å². The van der Waals surface area contributed by atoms with E-state index in [1.165, 1.54) is 14.0 Å². The number of aryl methyl sites for hydroxylation is 2. The molecule has 0 spiro atoms. The van der Waals surface area contributed by atoms with Gasteiger partial charge in [0.2, 0.25) is 17.1 Å². The quantitative estimate of drug-likeness (QED) is 0.811. The number of rotatable bonds is 5. The molecule has 0 bridgehead atoms.